The maximum absolute atomic E-state index is 11.4. The van der Waals surface area contributed by atoms with Gasteiger partial charge in [-0.25, -0.2) is 0 Å². The van der Waals surface area contributed by atoms with E-state index in [0.29, 0.717) is 0 Å². The molecule has 0 bridgehead atoms. The summed E-state index contributed by atoms with van der Waals surface area (Å²) in [6.07, 6.45) is 0. The van der Waals surface area contributed by atoms with Crippen molar-refractivity contribution in [1.82, 2.24) is 5.32 Å². The highest BCUT2D eigenvalue weighted by atomic mass is 32.2. The van der Waals surface area contributed by atoms with E-state index in [-0.39, 0.29) is 24.0 Å². The Morgan fingerprint density at radius 1 is 1.26 bits per heavy atom. The summed E-state index contributed by atoms with van der Waals surface area (Å²) in [7, 11) is 0. The van der Waals surface area contributed by atoms with Gasteiger partial charge in [-0.2, -0.15) is 5.26 Å². The van der Waals surface area contributed by atoms with Crippen LogP contribution >= 0.6 is 11.8 Å². The minimum Gasteiger partial charge on any atom is -0.507 e. The molecule has 96 valence electrons. The minimum absolute atomic E-state index is 0.0235. The summed E-state index contributed by atoms with van der Waals surface area (Å²) in [5.41, 5.74) is 0. The molecule has 0 atom stereocenters. The third kappa shape index (κ3) is 3.18. The Kier molecular flexibility index (Phi) is 4.26. The number of carbonyl (C=O) groups is 1. The van der Waals surface area contributed by atoms with E-state index in [4.69, 9.17) is 5.26 Å². The summed E-state index contributed by atoms with van der Waals surface area (Å²) in [6.45, 7) is 0.0235. The van der Waals surface area contributed by atoms with Gasteiger partial charge in [0.15, 0.2) is 0 Å². The second-order valence-corrected chi connectivity index (χ2v) is 4.87. The van der Waals surface area contributed by atoms with Crippen LogP contribution in [0.4, 0.5) is 0 Å². The molecule has 0 spiro atoms. The number of thioether (sulfide) groups is 1. The molecule has 0 aromatic heterocycles. The summed E-state index contributed by atoms with van der Waals surface area (Å²) in [5, 5.41) is 22.3. The predicted octanol–water partition coefficient (Wildman–Crippen LogP) is 2.28. The number of fused-ring (bicyclic) bond motifs is 1. The number of benzene rings is 2. The summed E-state index contributed by atoms with van der Waals surface area (Å²) < 4.78 is 0. The Morgan fingerprint density at radius 2 is 2.00 bits per heavy atom. The Bertz CT molecular complexity index is 649. The number of aromatic hydroxyl groups is 1. The van der Waals surface area contributed by atoms with E-state index < -0.39 is 0 Å². The number of hydrogen-bond donors (Lipinski definition) is 2. The minimum atomic E-state index is -0.177. The van der Waals surface area contributed by atoms with Crippen LogP contribution in [0, 0.1) is 11.3 Å². The van der Waals surface area contributed by atoms with Crippen molar-refractivity contribution in [2.45, 2.75) is 4.90 Å². The molecule has 2 N–H and O–H groups in total. The summed E-state index contributed by atoms with van der Waals surface area (Å²) in [6, 6.07) is 12.8. The van der Waals surface area contributed by atoms with Crippen LogP contribution in [0.1, 0.15) is 0 Å². The van der Waals surface area contributed by atoms with Gasteiger partial charge in [0, 0.05) is 10.3 Å². The number of nitriles is 1. The third-order valence-corrected chi connectivity index (χ3v) is 3.66. The average Bonchev–Trinajstić information content (AvgIpc) is 2.45. The standard InChI is InChI=1S/C14H12N2O2S/c15-7-8-16-14(18)9-19-13-6-5-12(17)10-3-1-2-4-11(10)13/h1-6,17H,8-9H2,(H,16,18). The van der Waals surface area contributed by atoms with E-state index >= 15 is 0 Å². The van der Waals surface area contributed by atoms with Crippen LogP contribution in [-0.2, 0) is 4.79 Å². The fraction of sp³-hybridized carbons (Fsp3) is 0.143. The zero-order chi connectivity index (χ0) is 13.7. The Hall–Kier alpha value is -2.19. The molecule has 0 fully saturated rings. The molecule has 0 saturated carbocycles. The number of nitrogens with one attached hydrogen (secondary N) is 1. The van der Waals surface area contributed by atoms with Crippen molar-refractivity contribution in [2.24, 2.45) is 0 Å². The SMILES string of the molecule is N#CCNC(=O)CSc1ccc(O)c2ccccc12. The van der Waals surface area contributed by atoms with E-state index in [1.807, 2.05) is 30.3 Å². The molecule has 5 heteroatoms. The topological polar surface area (TPSA) is 73.1 Å². The first-order valence-corrected chi connectivity index (χ1v) is 6.68. The van der Waals surface area contributed by atoms with Crippen molar-refractivity contribution < 1.29 is 9.90 Å². The largest absolute Gasteiger partial charge is 0.507 e. The van der Waals surface area contributed by atoms with Crippen LogP contribution in [0.25, 0.3) is 10.8 Å². The number of hydrogen-bond acceptors (Lipinski definition) is 4. The smallest absolute Gasteiger partial charge is 0.231 e. The Morgan fingerprint density at radius 3 is 2.74 bits per heavy atom. The van der Waals surface area contributed by atoms with E-state index in [1.54, 1.807) is 12.1 Å². The molecule has 0 aliphatic heterocycles. The van der Waals surface area contributed by atoms with E-state index in [1.165, 1.54) is 11.8 Å². The maximum Gasteiger partial charge on any atom is 0.231 e. The molecule has 19 heavy (non-hydrogen) atoms. The number of phenols is 1. The quantitative estimate of drug-likeness (QED) is 0.661. The van der Waals surface area contributed by atoms with Gasteiger partial charge in [-0.3, -0.25) is 4.79 Å². The lowest BCUT2D eigenvalue weighted by Crippen LogP contribution is -2.25. The molecule has 0 aliphatic carbocycles. The molecule has 2 aromatic rings. The van der Waals surface area contributed by atoms with Gasteiger partial charge < -0.3 is 10.4 Å². The molecule has 0 unspecified atom stereocenters. The van der Waals surface area contributed by atoms with Crippen molar-refractivity contribution in [3.8, 4) is 11.8 Å². The number of carbonyl (C=O) groups excluding carboxylic acids is 1. The predicted molar refractivity (Wildman–Crippen MR) is 75.0 cm³/mol. The van der Waals surface area contributed by atoms with Gasteiger partial charge in [0.25, 0.3) is 0 Å². The summed E-state index contributed by atoms with van der Waals surface area (Å²) in [4.78, 5) is 12.4. The zero-order valence-electron chi connectivity index (χ0n) is 10.1. The maximum atomic E-state index is 11.4. The first-order valence-electron chi connectivity index (χ1n) is 5.69. The van der Waals surface area contributed by atoms with Crippen molar-refractivity contribution in [2.75, 3.05) is 12.3 Å². The van der Waals surface area contributed by atoms with Crippen LogP contribution in [-0.4, -0.2) is 23.3 Å². The van der Waals surface area contributed by atoms with Crippen LogP contribution in [0.15, 0.2) is 41.3 Å². The van der Waals surface area contributed by atoms with Gasteiger partial charge >= 0.3 is 0 Å². The van der Waals surface area contributed by atoms with Gasteiger partial charge in [0.1, 0.15) is 12.3 Å². The Labute approximate surface area is 115 Å². The van der Waals surface area contributed by atoms with Crippen LogP contribution in [0.5, 0.6) is 5.75 Å². The second kappa shape index (κ2) is 6.12. The van der Waals surface area contributed by atoms with Crippen LogP contribution < -0.4 is 5.32 Å². The van der Waals surface area contributed by atoms with Crippen molar-refractivity contribution >= 4 is 28.4 Å². The molecule has 0 heterocycles. The van der Waals surface area contributed by atoms with E-state index in [9.17, 15) is 9.90 Å². The summed E-state index contributed by atoms with van der Waals surface area (Å²) >= 11 is 1.38. The third-order valence-electron chi connectivity index (χ3n) is 2.58. The highest BCUT2D eigenvalue weighted by Crippen LogP contribution is 2.32. The molecule has 2 rings (SSSR count). The highest BCUT2D eigenvalue weighted by Gasteiger charge is 2.07. The first kappa shape index (κ1) is 13.2. The van der Waals surface area contributed by atoms with Gasteiger partial charge in [-0.15, -0.1) is 11.8 Å². The van der Waals surface area contributed by atoms with E-state index in [0.717, 1.165) is 15.7 Å². The summed E-state index contributed by atoms with van der Waals surface area (Å²) in [5.74, 6) is 0.300. The highest BCUT2D eigenvalue weighted by molar-refractivity contribution is 8.00. The van der Waals surface area contributed by atoms with Gasteiger partial charge in [0.2, 0.25) is 5.91 Å². The number of nitrogens with zero attached hydrogens (tertiary/aromatic N) is 1. The lowest BCUT2D eigenvalue weighted by Gasteiger charge is -2.07. The number of amides is 1. The van der Waals surface area contributed by atoms with Gasteiger partial charge in [0.05, 0.1) is 11.8 Å². The number of rotatable bonds is 4. The normalized spacial score (nSPS) is 10.1. The lowest BCUT2D eigenvalue weighted by molar-refractivity contribution is -0.118. The molecule has 4 nitrogen and oxygen atoms in total. The second-order valence-electron chi connectivity index (χ2n) is 3.85. The van der Waals surface area contributed by atoms with E-state index in [2.05, 4.69) is 5.32 Å². The molecule has 1 amide bonds. The molecule has 0 saturated heterocycles. The molecule has 2 aromatic carbocycles. The van der Waals surface area contributed by atoms with Crippen molar-refractivity contribution in [3.05, 3.63) is 36.4 Å². The zero-order valence-corrected chi connectivity index (χ0v) is 10.9. The fourth-order valence-electron chi connectivity index (χ4n) is 1.71. The van der Waals surface area contributed by atoms with Crippen molar-refractivity contribution in [3.63, 3.8) is 0 Å². The first-order chi connectivity index (χ1) is 9.22. The van der Waals surface area contributed by atoms with Gasteiger partial charge in [-0.1, -0.05) is 24.3 Å². The van der Waals surface area contributed by atoms with Gasteiger partial charge in [-0.05, 0) is 17.5 Å². The van der Waals surface area contributed by atoms with Crippen LogP contribution in [0.2, 0.25) is 0 Å². The Balaban J connectivity index is 2.16. The van der Waals surface area contributed by atoms with Crippen LogP contribution in [0.3, 0.4) is 0 Å². The fourth-order valence-corrected chi connectivity index (χ4v) is 2.60. The van der Waals surface area contributed by atoms with Crippen molar-refractivity contribution in [1.29, 1.82) is 5.26 Å². The number of phenolic OH excluding ortho intramolecular Hbond substituents is 1. The molecular formula is C14H12N2O2S. The monoisotopic (exact) mass is 272 g/mol. The molecular weight excluding hydrogens is 260 g/mol. The lowest BCUT2D eigenvalue weighted by atomic mass is 10.1. The molecule has 0 radical (unpaired) electrons. The average molecular weight is 272 g/mol. The molecule has 0 aliphatic rings.